The molecule has 0 saturated heterocycles. The smallest absolute Gasteiger partial charge is 0.117 e. The lowest BCUT2D eigenvalue weighted by molar-refractivity contribution is 1.30. The van der Waals surface area contributed by atoms with Gasteiger partial charge in [-0.25, -0.2) is 9.97 Å². The molecule has 116 valence electrons. The molecular formula is C22H12N2S. The third-order valence-electron chi connectivity index (χ3n) is 3.89. The minimum Gasteiger partial charge on any atom is -0.242 e. The summed E-state index contributed by atoms with van der Waals surface area (Å²) in [4.78, 5) is 11.2. The lowest BCUT2D eigenvalue weighted by Gasteiger charge is -2.09. The fourth-order valence-electron chi connectivity index (χ4n) is 2.74. The van der Waals surface area contributed by atoms with Crippen molar-refractivity contribution in [1.29, 1.82) is 0 Å². The van der Waals surface area contributed by atoms with E-state index in [0.29, 0.717) is 20.8 Å². The lowest BCUT2D eigenvalue weighted by atomic mass is 10.0. The number of hydrogen-bond acceptors (Lipinski definition) is 3. The molecule has 0 N–H and O–H groups in total. The first-order valence-electron chi connectivity index (χ1n) is 7.70. The average molecular weight is 336 g/mol. The van der Waals surface area contributed by atoms with Gasteiger partial charge in [0.2, 0.25) is 0 Å². The van der Waals surface area contributed by atoms with Crippen LogP contribution in [0.5, 0.6) is 0 Å². The zero-order valence-electron chi connectivity index (χ0n) is 13.2. The molecule has 0 unspecified atom stereocenters. The van der Waals surface area contributed by atoms with Crippen LogP contribution >= 0.6 is 11.3 Å². The van der Waals surface area contributed by atoms with Gasteiger partial charge in [0.25, 0.3) is 0 Å². The topological polar surface area (TPSA) is 25.8 Å². The Morgan fingerprint density at radius 3 is 1.40 bits per heavy atom. The maximum Gasteiger partial charge on any atom is 0.117 e. The standard InChI is InChI=1S/C22H12N2S/c1-3-17-21-22(18(4-2)25-17)24-20(16-13-9-6-10-14-16)19(23-21)15-11-7-5-8-12-15/h1-2,5-14H. The molecule has 0 bridgehead atoms. The van der Waals surface area contributed by atoms with E-state index >= 15 is 0 Å². The van der Waals surface area contributed by atoms with Crippen molar-refractivity contribution in [2.24, 2.45) is 0 Å². The van der Waals surface area contributed by atoms with Crippen molar-refractivity contribution in [3.05, 3.63) is 70.4 Å². The summed E-state index contributed by atoms with van der Waals surface area (Å²) in [5, 5.41) is 0. The Morgan fingerprint density at radius 1 is 0.640 bits per heavy atom. The Hall–Kier alpha value is -3.40. The SMILES string of the molecule is C#Cc1sc(C#C)c2nc(-c3ccccc3)c(-c3ccccc3)nc12. The molecule has 0 aliphatic carbocycles. The normalized spacial score (nSPS) is 10.3. The van der Waals surface area contributed by atoms with Crippen LogP contribution < -0.4 is 0 Å². The molecule has 4 aromatic rings. The predicted octanol–water partition coefficient (Wildman–Crippen LogP) is 4.99. The molecular weight excluding hydrogens is 324 g/mol. The van der Waals surface area contributed by atoms with Crippen molar-refractivity contribution in [3.63, 3.8) is 0 Å². The zero-order chi connectivity index (χ0) is 17.2. The number of hydrogen-bond donors (Lipinski definition) is 0. The summed E-state index contributed by atoms with van der Waals surface area (Å²) in [6.45, 7) is 0. The van der Waals surface area contributed by atoms with Crippen LogP contribution in [0.4, 0.5) is 0 Å². The molecule has 2 nitrogen and oxygen atoms in total. The zero-order valence-corrected chi connectivity index (χ0v) is 14.0. The second kappa shape index (κ2) is 6.24. The summed E-state index contributed by atoms with van der Waals surface area (Å²) in [5.74, 6) is 5.37. The highest BCUT2D eigenvalue weighted by Gasteiger charge is 2.18. The van der Waals surface area contributed by atoms with Gasteiger partial charge >= 0.3 is 0 Å². The van der Waals surface area contributed by atoms with Crippen LogP contribution in [0, 0.1) is 24.7 Å². The van der Waals surface area contributed by atoms with E-state index in [4.69, 9.17) is 22.8 Å². The van der Waals surface area contributed by atoms with Crippen LogP contribution in [0.25, 0.3) is 33.5 Å². The number of benzene rings is 2. The van der Waals surface area contributed by atoms with E-state index in [1.807, 2.05) is 60.7 Å². The third kappa shape index (κ3) is 2.58. The molecule has 25 heavy (non-hydrogen) atoms. The Morgan fingerprint density at radius 2 is 1.04 bits per heavy atom. The van der Waals surface area contributed by atoms with Gasteiger partial charge in [-0.05, 0) is 0 Å². The maximum absolute atomic E-state index is 5.65. The highest BCUT2D eigenvalue weighted by molar-refractivity contribution is 7.14. The summed E-state index contributed by atoms with van der Waals surface area (Å²) >= 11 is 1.38. The van der Waals surface area contributed by atoms with E-state index in [1.165, 1.54) is 11.3 Å². The number of fused-ring (bicyclic) bond motifs is 1. The lowest BCUT2D eigenvalue weighted by Crippen LogP contribution is -1.95. The molecule has 0 spiro atoms. The molecule has 3 heteroatoms. The van der Waals surface area contributed by atoms with Gasteiger partial charge in [-0.15, -0.1) is 24.2 Å². The van der Waals surface area contributed by atoms with Crippen molar-refractivity contribution in [2.75, 3.05) is 0 Å². The number of terminal acetylenes is 2. The Kier molecular flexibility index (Phi) is 3.78. The van der Waals surface area contributed by atoms with Crippen molar-refractivity contribution < 1.29 is 0 Å². The van der Waals surface area contributed by atoms with Crippen LogP contribution in [-0.2, 0) is 0 Å². The molecule has 0 atom stereocenters. The minimum atomic E-state index is 0.694. The Bertz CT molecular complexity index is 1050. The van der Waals surface area contributed by atoms with Crippen molar-refractivity contribution in [1.82, 2.24) is 9.97 Å². The van der Waals surface area contributed by atoms with E-state index in [0.717, 1.165) is 22.5 Å². The summed E-state index contributed by atoms with van der Waals surface area (Å²) in [6, 6.07) is 20.0. The van der Waals surface area contributed by atoms with Crippen LogP contribution in [-0.4, -0.2) is 9.97 Å². The van der Waals surface area contributed by atoms with Gasteiger partial charge in [-0.3, -0.25) is 0 Å². The van der Waals surface area contributed by atoms with E-state index in [-0.39, 0.29) is 0 Å². The first-order valence-corrected chi connectivity index (χ1v) is 8.52. The number of thiophene rings is 1. The number of aromatic nitrogens is 2. The summed E-state index contributed by atoms with van der Waals surface area (Å²) in [7, 11) is 0. The summed E-state index contributed by atoms with van der Waals surface area (Å²) < 4.78 is 0. The van der Waals surface area contributed by atoms with E-state index in [2.05, 4.69) is 11.8 Å². The van der Waals surface area contributed by atoms with Gasteiger partial charge in [-0.1, -0.05) is 72.5 Å². The van der Waals surface area contributed by atoms with Gasteiger partial charge in [0, 0.05) is 11.1 Å². The molecule has 0 amide bonds. The van der Waals surface area contributed by atoms with E-state index in [9.17, 15) is 0 Å². The Balaban J connectivity index is 2.11. The third-order valence-corrected chi connectivity index (χ3v) is 4.92. The predicted molar refractivity (Wildman–Crippen MR) is 104 cm³/mol. The van der Waals surface area contributed by atoms with Crippen LogP contribution in [0.1, 0.15) is 9.75 Å². The first kappa shape index (κ1) is 15.1. The molecule has 4 rings (SSSR count). The quantitative estimate of drug-likeness (QED) is 0.482. The second-order valence-corrected chi connectivity index (χ2v) is 6.42. The van der Waals surface area contributed by atoms with Crippen LogP contribution in [0.15, 0.2) is 60.7 Å². The van der Waals surface area contributed by atoms with E-state index < -0.39 is 0 Å². The fraction of sp³-hybridized carbons (Fsp3) is 0. The van der Waals surface area contributed by atoms with E-state index in [1.54, 1.807) is 0 Å². The minimum absolute atomic E-state index is 0.694. The van der Waals surface area contributed by atoms with Crippen molar-refractivity contribution in [3.8, 4) is 47.2 Å². The van der Waals surface area contributed by atoms with Crippen LogP contribution in [0.3, 0.4) is 0 Å². The highest BCUT2D eigenvalue weighted by atomic mass is 32.1. The molecule has 2 heterocycles. The number of nitrogens with zero attached hydrogens (tertiary/aromatic N) is 2. The van der Waals surface area contributed by atoms with Gasteiger partial charge in [0.1, 0.15) is 20.8 Å². The summed E-state index contributed by atoms with van der Waals surface area (Å²) in [5.41, 5.74) is 4.98. The molecule has 0 fully saturated rings. The van der Waals surface area contributed by atoms with Gasteiger partial charge in [-0.2, -0.15) is 0 Å². The summed E-state index contributed by atoms with van der Waals surface area (Å²) in [6.07, 6.45) is 11.3. The second-order valence-electron chi connectivity index (χ2n) is 5.40. The Labute approximate surface area is 150 Å². The first-order chi connectivity index (χ1) is 12.3. The van der Waals surface area contributed by atoms with Crippen molar-refractivity contribution >= 4 is 22.4 Å². The molecule has 0 saturated carbocycles. The molecule has 2 aromatic heterocycles. The highest BCUT2D eigenvalue weighted by Crippen LogP contribution is 2.35. The molecule has 2 aromatic carbocycles. The van der Waals surface area contributed by atoms with Crippen molar-refractivity contribution in [2.45, 2.75) is 0 Å². The largest absolute Gasteiger partial charge is 0.242 e. The maximum atomic E-state index is 5.65. The molecule has 0 aliphatic rings. The molecule has 0 radical (unpaired) electrons. The monoisotopic (exact) mass is 336 g/mol. The molecule has 0 aliphatic heterocycles. The number of rotatable bonds is 2. The van der Waals surface area contributed by atoms with Gasteiger partial charge < -0.3 is 0 Å². The van der Waals surface area contributed by atoms with Gasteiger partial charge in [0.15, 0.2) is 0 Å². The average Bonchev–Trinajstić information content (AvgIpc) is 3.05. The van der Waals surface area contributed by atoms with Crippen LogP contribution in [0.2, 0.25) is 0 Å². The fourth-order valence-corrected chi connectivity index (χ4v) is 3.54. The van der Waals surface area contributed by atoms with Gasteiger partial charge in [0.05, 0.1) is 11.4 Å².